The Balaban J connectivity index is 1.74. The number of likely N-dealkylation sites (N-methyl/N-ethyl adjacent to an activating group) is 1. The number of halogens is 1. The fraction of sp³-hybridized carbons (Fsp3) is 0.381. The molecule has 0 atom stereocenters. The van der Waals surface area contributed by atoms with Gasteiger partial charge in [-0.05, 0) is 49.4 Å². The van der Waals surface area contributed by atoms with E-state index in [1.807, 2.05) is 48.2 Å². The molecule has 0 unspecified atom stereocenters. The molecule has 1 aliphatic rings. The zero-order valence-electron chi connectivity index (χ0n) is 16.1. The summed E-state index contributed by atoms with van der Waals surface area (Å²) in [6.45, 7) is 5.90. The molecule has 1 saturated heterocycles. The molecule has 1 heterocycles. The van der Waals surface area contributed by atoms with E-state index in [0.29, 0.717) is 17.9 Å². The number of nitrogens with one attached hydrogen (secondary N) is 1. The van der Waals surface area contributed by atoms with Gasteiger partial charge in [0.05, 0.1) is 12.8 Å². The predicted molar refractivity (Wildman–Crippen MR) is 110 cm³/mol. The van der Waals surface area contributed by atoms with Crippen molar-refractivity contribution in [1.29, 1.82) is 0 Å². The standard InChI is InChI=1S/C21H26ClN3O2/c1-15-4-5-16(12-18(15)22)14-23-19-13-17(6-7-20(19)27-3)21(26)25-10-8-24(2)9-11-25/h4-7,12-13,23H,8-11,14H2,1-3H3. The average Bonchev–Trinajstić information content (AvgIpc) is 2.68. The highest BCUT2D eigenvalue weighted by molar-refractivity contribution is 6.31. The van der Waals surface area contributed by atoms with Gasteiger partial charge in [-0.25, -0.2) is 0 Å². The zero-order chi connectivity index (χ0) is 19.4. The summed E-state index contributed by atoms with van der Waals surface area (Å²) in [5.41, 5.74) is 3.60. The molecule has 0 aromatic heterocycles. The van der Waals surface area contributed by atoms with Crippen LogP contribution in [0, 0.1) is 6.92 Å². The van der Waals surface area contributed by atoms with Crippen LogP contribution in [-0.4, -0.2) is 56.0 Å². The molecule has 0 aliphatic carbocycles. The molecule has 1 fully saturated rings. The van der Waals surface area contributed by atoms with E-state index in [4.69, 9.17) is 16.3 Å². The topological polar surface area (TPSA) is 44.8 Å². The fourth-order valence-electron chi connectivity index (χ4n) is 3.11. The summed E-state index contributed by atoms with van der Waals surface area (Å²) in [5, 5.41) is 4.12. The fourth-order valence-corrected chi connectivity index (χ4v) is 3.32. The molecule has 0 bridgehead atoms. The van der Waals surface area contributed by atoms with Gasteiger partial charge in [0.1, 0.15) is 5.75 Å². The lowest BCUT2D eigenvalue weighted by Crippen LogP contribution is -2.47. The van der Waals surface area contributed by atoms with Crippen LogP contribution < -0.4 is 10.1 Å². The maximum atomic E-state index is 12.8. The monoisotopic (exact) mass is 387 g/mol. The largest absolute Gasteiger partial charge is 0.495 e. The van der Waals surface area contributed by atoms with Gasteiger partial charge in [-0.2, -0.15) is 0 Å². The number of amides is 1. The smallest absolute Gasteiger partial charge is 0.254 e. The first-order chi connectivity index (χ1) is 13.0. The van der Waals surface area contributed by atoms with Gasteiger partial charge in [-0.15, -0.1) is 0 Å². The highest BCUT2D eigenvalue weighted by Crippen LogP contribution is 2.27. The summed E-state index contributed by atoms with van der Waals surface area (Å²) >= 11 is 6.21. The highest BCUT2D eigenvalue weighted by atomic mass is 35.5. The second-order valence-corrected chi connectivity index (χ2v) is 7.35. The molecule has 5 nitrogen and oxygen atoms in total. The summed E-state index contributed by atoms with van der Waals surface area (Å²) in [5.74, 6) is 0.773. The average molecular weight is 388 g/mol. The first kappa shape index (κ1) is 19.5. The minimum Gasteiger partial charge on any atom is -0.495 e. The van der Waals surface area contributed by atoms with Crippen molar-refractivity contribution in [1.82, 2.24) is 9.80 Å². The van der Waals surface area contributed by atoms with E-state index < -0.39 is 0 Å². The third-order valence-corrected chi connectivity index (χ3v) is 5.36. The van der Waals surface area contributed by atoms with Gasteiger partial charge in [-0.3, -0.25) is 4.79 Å². The van der Waals surface area contributed by atoms with Crippen molar-refractivity contribution in [3.63, 3.8) is 0 Å². The van der Waals surface area contributed by atoms with E-state index in [0.717, 1.165) is 48.0 Å². The van der Waals surface area contributed by atoms with E-state index >= 15 is 0 Å². The first-order valence-corrected chi connectivity index (χ1v) is 9.50. The minimum absolute atomic E-state index is 0.0622. The van der Waals surface area contributed by atoms with Crippen LogP contribution in [0.2, 0.25) is 5.02 Å². The maximum absolute atomic E-state index is 12.8. The molecule has 2 aromatic rings. The van der Waals surface area contributed by atoms with Gasteiger partial charge >= 0.3 is 0 Å². The van der Waals surface area contributed by atoms with E-state index in [1.165, 1.54) is 0 Å². The number of anilines is 1. The number of hydrogen-bond donors (Lipinski definition) is 1. The van der Waals surface area contributed by atoms with Crippen molar-refractivity contribution in [3.05, 3.63) is 58.1 Å². The molecule has 6 heteroatoms. The molecule has 27 heavy (non-hydrogen) atoms. The Labute approximate surface area is 165 Å². The van der Waals surface area contributed by atoms with Gasteiger partial charge in [0.15, 0.2) is 0 Å². The Hall–Kier alpha value is -2.24. The van der Waals surface area contributed by atoms with Gasteiger partial charge in [0, 0.05) is 43.3 Å². The molecular weight excluding hydrogens is 362 g/mol. The van der Waals surface area contributed by atoms with Crippen LogP contribution in [0.4, 0.5) is 5.69 Å². The molecule has 0 spiro atoms. The van der Waals surface area contributed by atoms with Crippen LogP contribution >= 0.6 is 11.6 Å². The van der Waals surface area contributed by atoms with Gasteiger partial charge < -0.3 is 19.9 Å². The second kappa shape index (κ2) is 8.63. The van der Waals surface area contributed by atoms with Crippen molar-refractivity contribution in [3.8, 4) is 5.75 Å². The van der Waals surface area contributed by atoms with Crippen LogP contribution in [-0.2, 0) is 6.54 Å². The quantitative estimate of drug-likeness (QED) is 0.850. The zero-order valence-corrected chi connectivity index (χ0v) is 16.8. The maximum Gasteiger partial charge on any atom is 0.254 e. The molecule has 0 radical (unpaired) electrons. The molecule has 2 aromatic carbocycles. The van der Waals surface area contributed by atoms with Crippen LogP contribution in [0.5, 0.6) is 5.75 Å². The van der Waals surface area contributed by atoms with Crippen LogP contribution in [0.3, 0.4) is 0 Å². The van der Waals surface area contributed by atoms with Gasteiger partial charge in [0.25, 0.3) is 5.91 Å². The van der Waals surface area contributed by atoms with E-state index in [-0.39, 0.29) is 5.91 Å². The van der Waals surface area contributed by atoms with Crippen LogP contribution in [0.1, 0.15) is 21.5 Å². The molecule has 1 amide bonds. The van der Waals surface area contributed by atoms with Crippen molar-refractivity contribution in [2.45, 2.75) is 13.5 Å². The Kier molecular flexibility index (Phi) is 6.24. The second-order valence-electron chi connectivity index (χ2n) is 6.95. The third kappa shape index (κ3) is 4.73. The minimum atomic E-state index is 0.0622. The normalized spacial score (nSPS) is 14.9. The molecule has 144 valence electrons. The third-order valence-electron chi connectivity index (χ3n) is 4.96. The number of methoxy groups -OCH3 is 1. The number of piperazine rings is 1. The molecule has 1 aliphatic heterocycles. The summed E-state index contributed by atoms with van der Waals surface area (Å²) in [6.07, 6.45) is 0. The molecular formula is C21H26ClN3O2. The first-order valence-electron chi connectivity index (χ1n) is 9.12. The van der Waals surface area contributed by atoms with Gasteiger partial charge in [-0.1, -0.05) is 23.7 Å². The summed E-state index contributed by atoms with van der Waals surface area (Å²) in [7, 11) is 3.71. The Morgan fingerprint density at radius 3 is 2.56 bits per heavy atom. The number of carbonyl (C=O) groups excluding carboxylic acids is 1. The number of aryl methyl sites for hydroxylation is 1. The Morgan fingerprint density at radius 2 is 1.89 bits per heavy atom. The number of nitrogens with zero attached hydrogens (tertiary/aromatic N) is 2. The molecule has 1 N–H and O–H groups in total. The number of rotatable bonds is 5. The predicted octanol–water partition coefficient (Wildman–Crippen LogP) is 3.66. The van der Waals surface area contributed by atoms with Crippen molar-refractivity contribution in [2.75, 3.05) is 45.7 Å². The number of ether oxygens (including phenoxy) is 1. The van der Waals surface area contributed by atoms with Crippen molar-refractivity contribution < 1.29 is 9.53 Å². The molecule has 0 saturated carbocycles. The van der Waals surface area contributed by atoms with Crippen molar-refractivity contribution in [2.24, 2.45) is 0 Å². The van der Waals surface area contributed by atoms with E-state index in [1.54, 1.807) is 7.11 Å². The highest BCUT2D eigenvalue weighted by Gasteiger charge is 2.21. The van der Waals surface area contributed by atoms with E-state index in [2.05, 4.69) is 17.3 Å². The number of carbonyl (C=O) groups is 1. The Bertz CT molecular complexity index is 817. The SMILES string of the molecule is COc1ccc(C(=O)N2CCN(C)CC2)cc1NCc1ccc(C)c(Cl)c1. The van der Waals surface area contributed by atoms with E-state index in [9.17, 15) is 4.79 Å². The summed E-state index contributed by atoms with van der Waals surface area (Å²) in [6, 6.07) is 11.5. The lowest BCUT2D eigenvalue weighted by atomic mass is 10.1. The lowest BCUT2D eigenvalue weighted by Gasteiger charge is -2.32. The van der Waals surface area contributed by atoms with Crippen molar-refractivity contribution >= 4 is 23.2 Å². The van der Waals surface area contributed by atoms with Crippen LogP contribution in [0.15, 0.2) is 36.4 Å². The van der Waals surface area contributed by atoms with Crippen LogP contribution in [0.25, 0.3) is 0 Å². The number of hydrogen-bond acceptors (Lipinski definition) is 4. The number of benzene rings is 2. The summed E-state index contributed by atoms with van der Waals surface area (Å²) in [4.78, 5) is 17.0. The Morgan fingerprint density at radius 1 is 1.15 bits per heavy atom. The molecule has 3 rings (SSSR count). The summed E-state index contributed by atoms with van der Waals surface area (Å²) < 4.78 is 5.45. The lowest BCUT2D eigenvalue weighted by molar-refractivity contribution is 0.0664. The van der Waals surface area contributed by atoms with Gasteiger partial charge in [0.2, 0.25) is 0 Å².